The second-order valence-electron chi connectivity index (χ2n) is 6.35. The molecule has 0 unspecified atom stereocenters. The van der Waals surface area contributed by atoms with Crippen LogP contribution in [-0.2, 0) is 4.74 Å². The molecule has 2 amide bonds. The van der Waals surface area contributed by atoms with Gasteiger partial charge in [0, 0.05) is 30.9 Å². The molecule has 1 aromatic carbocycles. The molecule has 1 fully saturated rings. The first-order valence-electron chi connectivity index (χ1n) is 8.78. The fourth-order valence-electron chi connectivity index (χ4n) is 2.92. The maximum atomic E-state index is 12.6. The van der Waals surface area contributed by atoms with E-state index in [1.165, 1.54) is 0 Å². The monoisotopic (exact) mass is 343 g/mol. The molecule has 2 heterocycles. The third-order valence-electron chi connectivity index (χ3n) is 4.51. The van der Waals surface area contributed by atoms with Crippen LogP contribution < -0.4 is 5.32 Å². The SMILES string of the molecule is CCN(C[C@@H]1CCCO1)C(=O)Nc1cccc(-c2nc(C)c(C)o2)c1. The number of anilines is 1. The molecule has 25 heavy (non-hydrogen) atoms. The molecule has 0 bridgehead atoms. The second-order valence-corrected chi connectivity index (χ2v) is 6.35. The first-order valence-corrected chi connectivity index (χ1v) is 8.78. The van der Waals surface area contributed by atoms with Gasteiger partial charge in [0.15, 0.2) is 0 Å². The van der Waals surface area contributed by atoms with E-state index in [2.05, 4.69) is 10.3 Å². The Hall–Kier alpha value is -2.34. The number of carbonyl (C=O) groups is 1. The van der Waals surface area contributed by atoms with Gasteiger partial charge in [-0.05, 0) is 51.8 Å². The number of oxazole rings is 1. The molecule has 1 aliphatic heterocycles. The molecular weight excluding hydrogens is 318 g/mol. The Morgan fingerprint density at radius 2 is 2.24 bits per heavy atom. The lowest BCUT2D eigenvalue weighted by Crippen LogP contribution is -2.39. The van der Waals surface area contributed by atoms with E-state index in [0.29, 0.717) is 19.0 Å². The molecule has 6 heteroatoms. The summed E-state index contributed by atoms with van der Waals surface area (Å²) in [5, 5.41) is 2.96. The minimum absolute atomic E-state index is 0.116. The molecule has 0 saturated carbocycles. The van der Waals surface area contributed by atoms with Crippen LogP contribution in [0.1, 0.15) is 31.2 Å². The van der Waals surface area contributed by atoms with Crippen molar-refractivity contribution >= 4 is 11.7 Å². The Labute approximate surface area is 148 Å². The van der Waals surface area contributed by atoms with E-state index in [1.807, 2.05) is 45.0 Å². The van der Waals surface area contributed by atoms with Crippen LogP contribution in [0.3, 0.4) is 0 Å². The molecule has 0 radical (unpaired) electrons. The maximum absolute atomic E-state index is 12.6. The Kier molecular flexibility index (Phi) is 5.38. The number of aromatic nitrogens is 1. The third kappa shape index (κ3) is 4.20. The minimum Gasteiger partial charge on any atom is -0.441 e. The molecule has 0 spiro atoms. The highest BCUT2D eigenvalue weighted by atomic mass is 16.5. The molecule has 1 aromatic heterocycles. The highest BCUT2D eigenvalue weighted by molar-refractivity contribution is 5.90. The number of aryl methyl sites for hydroxylation is 2. The summed E-state index contributed by atoms with van der Waals surface area (Å²) in [5.41, 5.74) is 2.44. The third-order valence-corrected chi connectivity index (χ3v) is 4.51. The molecule has 1 N–H and O–H groups in total. The van der Waals surface area contributed by atoms with Crippen molar-refractivity contribution in [3.63, 3.8) is 0 Å². The Bertz CT molecular complexity index is 716. The summed E-state index contributed by atoms with van der Waals surface area (Å²) in [6, 6.07) is 7.43. The summed E-state index contributed by atoms with van der Waals surface area (Å²) in [6.45, 7) is 7.84. The zero-order chi connectivity index (χ0) is 17.8. The lowest BCUT2D eigenvalue weighted by atomic mass is 10.2. The molecule has 134 valence electrons. The standard InChI is InChI=1S/C19H25N3O3/c1-4-22(12-17-9-6-10-24-17)19(23)21-16-8-5-7-15(11-16)18-20-13(2)14(3)25-18/h5,7-8,11,17H,4,6,9-10,12H2,1-3H3,(H,21,23)/t17-/m0/s1. The van der Waals surface area contributed by atoms with Gasteiger partial charge in [-0.2, -0.15) is 0 Å². The molecule has 3 rings (SSSR count). The highest BCUT2D eigenvalue weighted by Gasteiger charge is 2.21. The Balaban J connectivity index is 1.69. The van der Waals surface area contributed by atoms with Crippen molar-refractivity contribution in [3.8, 4) is 11.5 Å². The van der Waals surface area contributed by atoms with E-state index in [0.717, 1.165) is 42.2 Å². The summed E-state index contributed by atoms with van der Waals surface area (Å²) in [6.07, 6.45) is 2.23. The van der Waals surface area contributed by atoms with Gasteiger partial charge in [0.1, 0.15) is 5.76 Å². The number of ether oxygens (including phenoxy) is 1. The molecular formula is C19H25N3O3. The van der Waals surface area contributed by atoms with Crippen molar-refractivity contribution in [2.75, 3.05) is 25.0 Å². The van der Waals surface area contributed by atoms with Gasteiger partial charge >= 0.3 is 6.03 Å². The van der Waals surface area contributed by atoms with Gasteiger partial charge in [-0.3, -0.25) is 0 Å². The number of likely N-dealkylation sites (N-methyl/N-ethyl adjacent to an activating group) is 1. The van der Waals surface area contributed by atoms with Crippen molar-refractivity contribution in [1.29, 1.82) is 0 Å². The van der Waals surface area contributed by atoms with E-state index < -0.39 is 0 Å². The highest BCUT2D eigenvalue weighted by Crippen LogP contribution is 2.24. The van der Waals surface area contributed by atoms with E-state index in [-0.39, 0.29) is 12.1 Å². The van der Waals surface area contributed by atoms with Gasteiger partial charge in [0.25, 0.3) is 0 Å². The predicted molar refractivity (Wildman–Crippen MR) is 96.7 cm³/mol. The minimum atomic E-state index is -0.116. The normalized spacial score (nSPS) is 16.8. The number of nitrogens with zero attached hydrogens (tertiary/aromatic N) is 2. The summed E-state index contributed by atoms with van der Waals surface area (Å²) in [5.74, 6) is 1.37. The average Bonchev–Trinajstić information content (AvgIpc) is 3.23. The van der Waals surface area contributed by atoms with Gasteiger partial charge in [0.05, 0.1) is 11.8 Å². The van der Waals surface area contributed by atoms with Crippen LogP contribution >= 0.6 is 0 Å². The topological polar surface area (TPSA) is 67.6 Å². The zero-order valence-corrected chi connectivity index (χ0v) is 15.0. The van der Waals surface area contributed by atoms with Crippen LogP contribution in [0.5, 0.6) is 0 Å². The summed E-state index contributed by atoms with van der Waals surface area (Å²) in [4.78, 5) is 18.8. The molecule has 1 saturated heterocycles. The van der Waals surface area contributed by atoms with Crippen molar-refractivity contribution in [1.82, 2.24) is 9.88 Å². The van der Waals surface area contributed by atoms with Gasteiger partial charge in [-0.15, -0.1) is 0 Å². The van der Waals surface area contributed by atoms with Gasteiger partial charge in [-0.1, -0.05) is 6.07 Å². The second kappa shape index (κ2) is 7.70. The van der Waals surface area contributed by atoms with Crippen LogP contribution in [0.2, 0.25) is 0 Å². The number of benzene rings is 1. The zero-order valence-electron chi connectivity index (χ0n) is 15.0. The fraction of sp³-hybridized carbons (Fsp3) is 0.474. The summed E-state index contributed by atoms with van der Waals surface area (Å²) < 4.78 is 11.3. The molecule has 1 aliphatic rings. The van der Waals surface area contributed by atoms with Gasteiger partial charge in [0.2, 0.25) is 5.89 Å². The summed E-state index contributed by atoms with van der Waals surface area (Å²) in [7, 11) is 0. The van der Waals surface area contributed by atoms with Crippen LogP contribution in [0.25, 0.3) is 11.5 Å². The number of amides is 2. The van der Waals surface area contributed by atoms with Crippen molar-refractivity contribution in [2.45, 2.75) is 39.7 Å². The van der Waals surface area contributed by atoms with Crippen molar-refractivity contribution in [3.05, 3.63) is 35.7 Å². The number of hydrogen-bond acceptors (Lipinski definition) is 4. The quantitative estimate of drug-likeness (QED) is 0.891. The number of rotatable bonds is 5. The largest absolute Gasteiger partial charge is 0.441 e. The predicted octanol–water partition coefficient (Wildman–Crippen LogP) is 3.99. The number of hydrogen-bond donors (Lipinski definition) is 1. The average molecular weight is 343 g/mol. The molecule has 0 aliphatic carbocycles. The van der Waals surface area contributed by atoms with Crippen LogP contribution in [0.4, 0.5) is 10.5 Å². The van der Waals surface area contributed by atoms with Crippen LogP contribution in [-0.4, -0.2) is 41.7 Å². The summed E-state index contributed by atoms with van der Waals surface area (Å²) >= 11 is 0. The van der Waals surface area contributed by atoms with E-state index in [9.17, 15) is 4.79 Å². The van der Waals surface area contributed by atoms with Crippen LogP contribution in [0, 0.1) is 13.8 Å². The smallest absolute Gasteiger partial charge is 0.321 e. The van der Waals surface area contributed by atoms with Gasteiger partial charge < -0.3 is 19.4 Å². The molecule has 2 aromatic rings. The fourth-order valence-corrected chi connectivity index (χ4v) is 2.92. The van der Waals surface area contributed by atoms with Gasteiger partial charge in [-0.25, -0.2) is 9.78 Å². The van der Waals surface area contributed by atoms with Crippen molar-refractivity contribution < 1.29 is 13.9 Å². The lowest BCUT2D eigenvalue weighted by Gasteiger charge is -2.24. The molecule has 6 nitrogen and oxygen atoms in total. The van der Waals surface area contributed by atoms with E-state index in [1.54, 1.807) is 4.90 Å². The van der Waals surface area contributed by atoms with Crippen LogP contribution in [0.15, 0.2) is 28.7 Å². The number of carbonyl (C=O) groups excluding carboxylic acids is 1. The lowest BCUT2D eigenvalue weighted by molar-refractivity contribution is 0.0849. The van der Waals surface area contributed by atoms with Crippen molar-refractivity contribution in [2.24, 2.45) is 0 Å². The first kappa shape index (κ1) is 17.5. The molecule has 1 atom stereocenters. The first-order chi connectivity index (χ1) is 12.1. The van der Waals surface area contributed by atoms with E-state index in [4.69, 9.17) is 9.15 Å². The van der Waals surface area contributed by atoms with E-state index >= 15 is 0 Å². The maximum Gasteiger partial charge on any atom is 0.321 e. The Morgan fingerprint density at radius 1 is 1.40 bits per heavy atom. The number of nitrogens with one attached hydrogen (secondary N) is 1. The number of urea groups is 1. The Morgan fingerprint density at radius 3 is 2.88 bits per heavy atom.